The van der Waals surface area contributed by atoms with Crippen molar-refractivity contribution in [1.82, 2.24) is 0 Å². The fourth-order valence-corrected chi connectivity index (χ4v) is 9.76. The Hall–Kier alpha value is 1.38. The van der Waals surface area contributed by atoms with Crippen LogP contribution in [0.4, 0.5) is 0 Å². The summed E-state index contributed by atoms with van der Waals surface area (Å²) in [6, 6.07) is 1.55. The van der Waals surface area contributed by atoms with Crippen LogP contribution < -0.4 is 24.0 Å². The molecule has 3 heteroatoms. The van der Waals surface area contributed by atoms with E-state index in [4.69, 9.17) is 0 Å². The van der Waals surface area contributed by atoms with E-state index in [1.165, 1.54) is 38.5 Å². The lowest BCUT2D eigenvalue weighted by Crippen LogP contribution is -3.00. The Balaban J connectivity index is 0. The highest BCUT2D eigenvalue weighted by molar-refractivity contribution is 7.75. The van der Waals surface area contributed by atoms with Gasteiger partial charge >= 0.3 is 0 Å². The van der Waals surface area contributed by atoms with Crippen LogP contribution in [0.25, 0.3) is 0 Å². The predicted molar refractivity (Wildman–Crippen MR) is 104 cm³/mol. The highest BCUT2D eigenvalue weighted by Crippen LogP contribution is 2.61. The quantitative estimate of drug-likeness (QED) is 0.228. The minimum absolute atomic E-state index is 0. The summed E-state index contributed by atoms with van der Waals surface area (Å²) in [4.78, 5) is 0. The first-order chi connectivity index (χ1) is 9.39. The third-order valence-corrected chi connectivity index (χ3v) is 11.4. The molecular formula is C18H42IPSi. The second-order valence-electron chi connectivity index (χ2n) is 7.96. The molecule has 0 rings (SSSR count). The van der Waals surface area contributed by atoms with Gasteiger partial charge in [-0.2, -0.15) is 0 Å². The lowest BCUT2D eigenvalue weighted by molar-refractivity contribution is -0.00000494. The Morgan fingerprint density at radius 1 is 0.619 bits per heavy atom. The topological polar surface area (TPSA) is 0 Å². The van der Waals surface area contributed by atoms with Crippen molar-refractivity contribution in [2.24, 2.45) is 0 Å². The van der Waals surface area contributed by atoms with Gasteiger partial charge < -0.3 is 24.0 Å². The molecule has 0 amide bonds. The van der Waals surface area contributed by atoms with Crippen LogP contribution in [-0.4, -0.2) is 32.7 Å². The Labute approximate surface area is 155 Å². The molecule has 0 atom stereocenters. The average molecular weight is 444 g/mol. The van der Waals surface area contributed by atoms with Crippen molar-refractivity contribution in [3.8, 4) is 0 Å². The van der Waals surface area contributed by atoms with Gasteiger partial charge in [0.2, 0.25) is 0 Å². The second-order valence-corrected chi connectivity index (χ2v) is 18.1. The molecule has 0 aliphatic heterocycles. The van der Waals surface area contributed by atoms with Gasteiger partial charge in [0.15, 0.2) is 0 Å². The Morgan fingerprint density at radius 3 is 1.24 bits per heavy atom. The zero-order valence-electron chi connectivity index (χ0n) is 15.8. The number of unbranched alkanes of at least 4 members (excludes halogenated alkanes) is 3. The average Bonchev–Trinajstić information content (AvgIpc) is 2.38. The highest BCUT2D eigenvalue weighted by Gasteiger charge is 2.35. The van der Waals surface area contributed by atoms with Crippen LogP contribution in [0.2, 0.25) is 25.7 Å². The summed E-state index contributed by atoms with van der Waals surface area (Å²) in [6.07, 6.45) is 16.7. The number of hydrogen-bond acceptors (Lipinski definition) is 0. The second kappa shape index (κ2) is 13.8. The maximum atomic E-state index is 2.54. The van der Waals surface area contributed by atoms with E-state index in [9.17, 15) is 0 Å². The van der Waals surface area contributed by atoms with Crippen LogP contribution >= 0.6 is 7.26 Å². The molecule has 0 N–H and O–H groups in total. The van der Waals surface area contributed by atoms with Crippen LogP contribution in [0.5, 0.6) is 0 Å². The van der Waals surface area contributed by atoms with Gasteiger partial charge in [0.25, 0.3) is 0 Å². The molecule has 0 aliphatic rings. The largest absolute Gasteiger partial charge is 1.00 e. The van der Waals surface area contributed by atoms with Crippen molar-refractivity contribution in [1.29, 1.82) is 0 Å². The summed E-state index contributed by atoms with van der Waals surface area (Å²) in [6.45, 7) is 14.7. The molecule has 0 aromatic rings. The van der Waals surface area contributed by atoms with Crippen molar-refractivity contribution in [3.63, 3.8) is 0 Å². The molecule has 0 aliphatic carbocycles. The first-order valence-corrected chi connectivity index (χ1v) is 15.5. The number of halogens is 1. The smallest absolute Gasteiger partial charge is 0.0594 e. The maximum Gasteiger partial charge on any atom is 0.0594 e. The van der Waals surface area contributed by atoms with Crippen LogP contribution in [-0.2, 0) is 0 Å². The molecule has 0 aromatic carbocycles. The Morgan fingerprint density at radius 2 is 0.952 bits per heavy atom. The molecule has 0 saturated heterocycles. The van der Waals surface area contributed by atoms with Crippen molar-refractivity contribution < 1.29 is 24.0 Å². The summed E-state index contributed by atoms with van der Waals surface area (Å²) in [5.74, 6) is 0. The van der Waals surface area contributed by atoms with Gasteiger partial charge in [-0.05, 0) is 25.7 Å². The molecule has 0 bridgehead atoms. The fraction of sp³-hybridized carbons (Fsp3) is 1.00. The lowest BCUT2D eigenvalue weighted by Gasteiger charge is -2.29. The summed E-state index contributed by atoms with van der Waals surface area (Å²) < 4.78 is 0. The van der Waals surface area contributed by atoms with Crippen LogP contribution in [0, 0.1) is 0 Å². The number of rotatable bonds is 13. The zero-order chi connectivity index (χ0) is 15.5. The molecule has 130 valence electrons. The van der Waals surface area contributed by atoms with Crippen molar-refractivity contribution in [3.05, 3.63) is 0 Å². The normalized spacial score (nSPS) is 12.3. The first kappa shape index (κ1) is 24.6. The van der Waals surface area contributed by atoms with Crippen LogP contribution in [0.15, 0.2) is 0 Å². The van der Waals surface area contributed by atoms with E-state index in [1.807, 2.05) is 0 Å². The molecule has 0 unspecified atom stereocenters. The molecular weight excluding hydrogens is 402 g/mol. The molecule has 0 saturated carbocycles. The van der Waals surface area contributed by atoms with E-state index in [2.05, 4.69) is 40.4 Å². The first-order valence-electron chi connectivity index (χ1n) is 9.24. The monoisotopic (exact) mass is 444 g/mol. The molecule has 0 heterocycles. The molecule has 0 radical (unpaired) electrons. The van der Waals surface area contributed by atoms with Gasteiger partial charge in [-0.25, -0.2) is 0 Å². The Bertz CT molecular complexity index is 204. The van der Waals surface area contributed by atoms with Gasteiger partial charge in [-0.15, -0.1) is 0 Å². The lowest BCUT2D eigenvalue weighted by atomic mass is 10.4. The van der Waals surface area contributed by atoms with E-state index >= 15 is 0 Å². The standard InChI is InChI=1S/C18H42PSi.HI/c1-7-10-14-19(15-11-8-2,16-12-9-3)17-13-18-20(4,5)6;/h7-18H2,1-6H3;1H/q+1;/p-1. The van der Waals surface area contributed by atoms with Gasteiger partial charge in [0, 0.05) is 15.3 Å². The van der Waals surface area contributed by atoms with Gasteiger partial charge in [-0.1, -0.05) is 65.7 Å². The van der Waals surface area contributed by atoms with E-state index in [-0.39, 0.29) is 24.0 Å². The van der Waals surface area contributed by atoms with E-state index < -0.39 is 15.3 Å². The Kier molecular flexibility index (Phi) is 16.2. The summed E-state index contributed by atoms with van der Waals surface area (Å²) in [5, 5.41) is 0. The number of hydrogen-bond donors (Lipinski definition) is 0. The van der Waals surface area contributed by atoms with Crippen molar-refractivity contribution in [2.75, 3.05) is 24.6 Å². The van der Waals surface area contributed by atoms with Gasteiger partial charge in [0.1, 0.15) is 0 Å². The maximum absolute atomic E-state index is 2.54. The molecule has 0 aromatic heterocycles. The van der Waals surface area contributed by atoms with Crippen molar-refractivity contribution in [2.45, 2.75) is 91.4 Å². The molecule has 0 spiro atoms. The third kappa shape index (κ3) is 13.5. The summed E-state index contributed by atoms with van der Waals surface area (Å²) >= 11 is 0. The summed E-state index contributed by atoms with van der Waals surface area (Å²) in [7, 11) is -1.44. The fourth-order valence-electron chi connectivity index (χ4n) is 3.10. The predicted octanol–water partition coefficient (Wildman–Crippen LogP) is 4.14. The van der Waals surface area contributed by atoms with Gasteiger partial charge in [-0.3, -0.25) is 0 Å². The van der Waals surface area contributed by atoms with E-state index in [0.29, 0.717) is 0 Å². The molecule has 21 heavy (non-hydrogen) atoms. The zero-order valence-corrected chi connectivity index (χ0v) is 19.9. The minimum Gasteiger partial charge on any atom is -1.00 e. The van der Waals surface area contributed by atoms with E-state index in [0.717, 1.165) is 0 Å². The SMILES string of the molecule is CCCC[P+](CCCC)(CCCC)CCC[Si](C)(C)C.[I-]. The molecule has 0 nitrogen and oxygen atoms in total. The van der Waals surface area contributed by atoms with E-state index in [1.54, 1.807) is 37.1 Å². The minimum atomic E-state index is -0.833. The highest BCUT2D eigenvalue weighted by atomic mass is 127. The van der Waals surface area contributed by atoms with Crippen LogP contribution in [0.1, 0.15) is 65.7 Å². The van der Waals surface area contributed by atoms with Gasteiger partial charge in [0.05, 0.1) is 24.6 Å². The molecule has 0 fully saturated rings. The third-order valence-electron chi connectivity index (χ3n) is 4.52. The van der Waals surface area contributed by atoms with Crippen molar-refractivity contribution >= 4 is 15.3 Å². The summed E-state index contributed by atoms with van der Waals surface area (Å²) in [5.41, 5.74) is 0. The van der Waals surface area contributed by atoms with Crippen LogP contribution in [0.3, 0.4) is 0 Å².